The van der Waals surface area contributed by atoms with Gasteiger partial charge in [-0.15, -0.1) is 0 Å². The molecule has 5 heteroatoms. The summed E-state index contributed by atoms with van der Waals surface area (Å²) in [6, 6.07) is 6.65. The zero-order valence-electron chi connectivity index (χ0n) is 9.06. The van der Waals surface area contributed by atoms with Crippen molar-refractivity contribution in [3.8, 4) is 6.07 Å². The number of rotatable bonds is 5. The van der Waals surface area contributed by atoms with Crippen molar-refractivity contribution in [1.82, 2.24) is 0 Å². The maximum atomic E-state index is 10.7. The molecule has 0 amide bonds. The summed E-state index contributed by atoms with van der Waals surface area (Å²) >= 11 is 3.30. The monoisotopic (exact) mass is 297 g/mol. The number of benzene rings is 1. The molecule has 0 bridgehead atoms. The van der Waals surface area contributed by atoms with E-state index in [4.69, 9.17) is 10.4 Å². The highest BCUT2D eigenvalue weighted by Crippen LogP contribution is 2.19. The predicted molar refractivity (Wildman–Crippen MR) is 65.9 cm³/mol. The molecule has 90 valence electrons. The molecule has 1 unspecified atom stereocenters. The molecule has 0 aliphatic carbocycles. The summed E-state index contributed by atoms with van der Waals surface area (Å²) in [7, 11) is 0. The van der Waals surface area contributed by atoms with Crippen LogP contribution in [0.25, 0.3) is 0 Å². The second-order valence-electron chi connectivity index (χ2n) is 3.56. The molecule has 0 saturated carbocycles. The van der Waals surface area contributed by atoms with Crippen molar-refractivity contribution >= 4 is 21.9 Å². The number of aliphatic carboxylic acids is 1. The van der Waals surface area contributed by atoms with Crippen LogP contribution < -0.4 is 0 Å². The standard InChI is InChI=1S/C12H12BrNO3/c13-5-1-2-8-6-9(11(15)12(16)17)3-4-10(8)7-14/h3-4,6,11,15H,1-2,5H2,(H,16,17). The fraction of sp³-hybridized carbons (Fsp3) is 0.333. The number of carbonyl (C=O) groups is 1. The normalized spacial score (nSPS) is 11.8. The molecule has 0 radical (unpaired) electrons. The highest BCUT2D eigenvalue weighted by atomic mass is 79.9. The number of carboxylic acid groups (broad SMARTS) is 1. The van der Waals surface area contributed by atoms with Crippen LogP contribution in [0.1, 0.15) is 29.2 Å². The van der Waals surface area contributed by atoms with E-state index in [0.29, 0.717) is 17.5 Å². The average molecular weight is 298 g/mol. The van der Waals surface area contributed by atoms with Crippen molar-refractivity contribution in [3.05, 3.63) is 34.9 Å². The Kier molecular flexibility index (Phi) is 5.13. The highest BCUT2D eigenvalue weighted by Gasteiger charge is 2.17. The van der Waals surface area contributed by atoms with Crippen LogP contribution in [0.3, 0.4) is 0 Å². The number of nitriles is 1. The van der Waals surface area contributed by atoms with Crippen molar-refractivity contribution < 1.29 is 15.0 Å². The Morgan fingerprint density at radius 1 is 1.53 bits per heavy atom. The topological polar surface area (TPSA) is 81.3 Å². The first-order valence-corrected chi connectivity index (χ1v) is 6.22. The molecule has 4 nitrogen and oxygen atoms in total. The molecule has 0 aliphatic rings. The molecule has 0 aliphatic heterocycles. The van der Waals surface area contributed by atoms with E-state index in [0.717, 1.165) is 17.3 Å². The molecule has 1 atom stereocenters. The summed E-state index contributed by atoms with van der Waals surface area (Å²) < 4.78 is 0. The maximum Gasteiger partial charge on any atom is 0.337 e. The fourth-order valence-corrected chi connectivity index (χ4v) is 1.78. The van der Waals surface area contributed by atoms with Gasteiger partial charge in [0, 0.05) is 5.33 Å². The number of halogens is 1. The molecule has 0 fully saturated rings. The van der Waals surface area contributed by atoms with Crippen molar-refractivity contribution in [1.29, 1.82) is 5.26 Å². The largest absolute Gasteiger partial charge is 0.479 e. The van der Waals surface area contributed by atoms with Crippen LogP contribution in [0.5, 0.6) is 0 Å². The summed E-state index contributed by atoms with van der Waals surface area (Å²) in [4.78, 5) is 10.7. The highest BCUT2D eigenvalue weighted by molar-refractivity contribution is 9.09. The molecule has 0 heterocycles. The number of aliphatic hydroxyl groups excluding tert-OH is 1. The number of nitrogens with zero attached hydrogens (tertiary/aromatic N) is 1. The molecule has 1 aromatic rings. The summed E-state index contributed by atoms with van der Waals surface area (Å²) in [5.74, 6) is -1.29. The molecule has 0 saturated heterocycles. The average Bonchev–Trinajstić information content (AvgIpc) is 2.34. The predicted octanol–water partition coefficient (Wildman–Crippen LogP) is 2.00. The van der Waals surface area contributed by atoms with Gasteiger partial charge in [0.25, 0.3) is 0 Å². The first kappa shape index (κ1) is 13.7. The minimum absolute atomic E-state index is 0.307. The van der Waals surface area contributed by atoms with Crippen LogP contribution in [0.4, 0.5) is 0 Å². The molecule has 0 spiro atoms. The van der Waals surface area contributed by atoms with Crippen molar-refractivity contribution in [2.45, 2.75) is 18.9 Å². The van der Waals surface area contributed by atoms with Crippen molar-refractivity contribution in [2.75, 3.05) is 5.33 Å². The smallest absolute Gasteiger partial charge is 0.337 e. The third-order valence-electron chi connectivity index (χ3n) is 2.38. The van der Waals surface area contributed by atoms with Crippen LogP contribution in [0.15, 0.2) is 18.2 Å². The van der Waals surface area contributed by atoms with E-state index >= 15 is 0 Å². The van der Waals surface area contributed by atoms with E-state index in [1.807, 2.05) is 0 Å². The lowest BCUT2D eigenvalue weighted by molar-refractivity contribution is -0.146. The van der Waals surface area contributed by atoms with Crippen molar-refractivity contribution in [3.63, 3.8) is 0 Å². The Bertz CT molecular complexity index is 454. The third-order valence-corrected chi connectivity index (χ3v) is 2.94. The zero-order valence-corrected chi connectivity index (χ0v) is 10.6. The van der Waals surface area contributed by atoms with Gasteiger partial charge in [0.1, 0.15) is 0 Å². The maximum absolute atomic E-state index is 10.7. The van der Waals surface area contributed by atoms with E-state index < -0.39 is 12.1 Å². The van der Waals surface area contributed by atoms with Gasteiger partial charge >= 0.3 is 5.97 Å². The summed E-state index contributed by atoms with van der Waals surface area (Å²) in [5, 5.41) is 27.9. The summed E-state index contributed by atoms with van der Waals surface area (Å²) in [6.45, 7) is 0. The zero-order chi connectivity index (χ0) is 12.8. The van der Waals surface area contributed by atoms with E-state index in [-0.39, 0.29) is 0 Å². The first-order chi connectivity index (χ1) is 8.10. The Balaban J connectivity index is 3.04. The minimum Gasteiger partial charge on any atom is -0.479 e. The van der Waals surface area contributed by atoms with Gasteiger partial charge in [-0.3, -0.25) is 0 Å². The Labute approximate surface area is 108 Å². The van der Waals surface area contributed by atoms with Crippen molar-refractivity contribution in [2.24, 2.45) is 0 Å². The van der Waals surface area contributed by atoms with Gasteiger partial charge in [0.15, 0.2) is 6.10 Å². The summed E-state index contributed by atoms with van der Waals surface area (Å²) in [6.07, 6.45) is -0.0132. The van der Waals surface area contributed by atoms with Gasteiger partial charge in [-0.05, 0) is 30.0 Å². The van der Waals surface area contributed by atoms with Crippen LogP contribution in [-0.4, -0.2) is 21.5 Å². The second kappa shape index (κ2) is 6.38. The number of aryl methyl sites for hydroxylation is 1. The van der Waals surface area contributed by atoms with Gasteiger partial charge in [0.2, 0.25) is 0 Å². The van der Waals surface area contributed by atoms with Gasteiger partial charge in [-0.2, -0.15) is 5.26 Å². The van der Waals surface area contributed by atoms with Crippen LogP contribution in [-0.2, 0) is 11.2 Å². The van der Waals surface area contributed by atoms with E-state index in [9.17, 15) is 9.90 Å². The first-order valence-electron chi connectivity index (χ1n) is 5.10. The minimum atomic E-state index is -1.54. The molecule has 1 rings (SSSR count). The molecule has 2 N–H and O–H groups in total. The molecule has 17 heavy (non-hydrogen) atoms. The number of alkyl halides is 1. The van der Waals surface area contributed by atoms with E-state index in [2.05, 4.69) is 22.0 Å². The lowest BCUT2D eigenvalue weighted by Crippen LogP contribution is -2.11. The molecule has 1 aromatic carbocycles. The van der Waals surface area contributed by atoms with Crippen LogP contribution >= 0.6 is 15.9 Å². The number of carboxylic acids is 1. The quantitative estimate of drug-likeness (QED) is 0.815. The Hall–Kier alpha value is -1.38. The lowest BCUT2D eigenvalue weighted by atomic mass is 9.98. The van der Waals surface area contributed by atoms with Crippen LogP contribution in [0.2, 0.25) is 0 Å². The van der Waals surface area contributed by atoms with Gasteiger partial charge < -0.3 is 10.2 Å². The third kappa shape index (κ3) is 3.55. The number of hydrogen-bond donors (Lipinski definition) is 2. The Morgan fingerprint density at radius 2 is 2.24 bits per heavy atom. The number of aliphatic hydroxyl groups is 1. The van der Waals surface area contributed by atoms with E-state index in [1.165, 1.54) is 6.07 Å². The molecule has 0 aromatic heterocycles. The van der Waals surface area contributed by atoms with Gasteiger partial charge in [-0.25, -0.2) is 4.79 Å². The summed E-state index contributed by atoms with van der Waals surface area (Å²) in [5.41, 5.74) is 1.60. The lowest BCUT2D eigenvalue weighted by Gasteiger charge is -2.09. The fourth-order valence-electron chi connectivity index (χ4n) is 1.50. The Morgan fingerprint density at radius 3 is 2.76 bits per heavy atom. The second-order valence-corrected chi connectivity index (χ2v) is 4.35. The van der Waals surface area contributed by atoms with Gasteiger partial charge in [-0.1, -0.05) is 28.1 Å². The van der Waals surface area contributed by atoms with Gasteiger partial charge in [0.05, 0.1) is 11.6 Å². The number of hydrogen-bond acceptors (Lipinski definition) is 3. The SMILES string of the molecule is N#Cc1ccc(C(O)C(=O)O)cc1CCCBr. The molecular formula is C12H12BrNO3. The molecular weight excluding hydrogens is 286 g/mol. The van der Waals surface area contributed by atoms with Crippen LogP contribution in [0, 0.1) is 11.3 Å². The van der Waals surface area contributed by atoms with E-state index in [1.54, 1.807) is 12.1 Å².